The Bertz CT molecular complexity index is 534. The third-order valence-corrected chi connectivity index (χ3v) is 4.30. The van der Waals surface area contributed by atoms with Crippen molar-refractivity contribution >= 4 is 23.3 Å². The van der Waals surface area contributed by atoms with E-state index in [2.05, 4.69) is 10.6 Å². The summed E-state index contributed by atoms with van der Waals surface area (Å²) >= 11 is 0. The maximum Gasteiger partial charge on any atom is 0.321 e. The van der Waals surface area contributed by atoms with Crippen molar-refractivity contribution in [3.05, 3.63) is 24.3 Å². The second-order valence-corrected chi connectivity index (χ2v) is 5.79. The molecular weight excluding hydrogens is 266 g/mol. The van der Waals surface area contributed by atoms with E-state index < -0.39 is 0 Å². The van der Waals surface area contributed by atoms with E-state index >= 15 is 0 Å². The highest BCUT2D eigenvalue weighted by molar-refractivity contribution is 6.00. The van der Waals surface area contributed by atoms with Gasteiger partial charge in [0.15, 0.2) is 0 Å². The molecule has 0 spiro atoms. The number of urea groups is 1. The van der Waals surface area contributed by atoms with E-state index in [1.165, 1.54) is 0 Å². The minimum atomic E-state index is -0.0853. The number of carbonyl (C=O) groups excluding carboxylic acids is 2. The first-order valence-corrected chi connectivity index (χ1v) is 7.70. The van der Waals surface area contributed by atoms with E-state index in [1.807, 2.05) is 29.2 Å². The maximum absolute atomic E-state index is 12.2. The monoisotopic (exact) mass is 287 g/mol. The van der Waals surface area contributed by atoms with Gasteiger partial charge in [-0.3, -0.25) is 4.79 Å². The van der Waals surface area contributed by atoms with Crippen LogP contribution in [0.5, 0.6) is 0 Å². The zero-order chi connectivity index (χ0) is 14.7. The molecule has 1 saturated carbocycles. The molecule has 21 heavy (non-hydrogen) atoms. The molecule has 2 fully saturated rings. The summed E-state index contributed by atoms with van der Waals surface area (Å²) in [7, 11) is 0. The Morgan fingerprint density at radius 1 is 0.952 bits per heavy atom. The lowest BCUT2D eigenvalue weighted by Gasteiger charge is -2.25. The standard InChI is InChI=1S/C16H21N3O2/c20-15(12-6-5-7-12)17-13-8-1-2-9-14(13)18-16(21)19-10-3-4-11-19/h1-2,8-9,12H,3-7,10-11H2,(H,17,20)(H,18,21). The van der Waals surface area contributed by atoms with Gasteiger partial charge in [0.05, 0.1) is 11.4 Å². The van der Waals surface area contributed by atoms with Crippen LogP contribution in [0.1, 0.15) is 32.1 Å². The molecular formula is C16H21N3O2. The molecule has 0 aromatic heterocycles. The predicted molar refractivity (Wildman–Crippen MR) is 82.2 cm³/mol. The van der Waals surface area contributed by atoms with Crippen LogP contribution in [0.3, 0.4) is 0 Å². The van der Waals surface area contributed by atoms with Gasteiger partial charge in [-0.05, 0) is 37.8 Å². The van der Waals surface area contributed by atoms with Crippen molar-refractivity contribution in [1.29, 1.82) is 0 Å². The highest BCUT2D eigenvalue weighted by atomic mass is 16.2. The highest BCUT2D eigenvalue weighted by Gasteiger charge is 2.26. The zero-order valence-corrected chi connectivity index (χ0v) is 12.1. The molecule has 0 unspecified atom stereocenters. The Morgan fingerprint density at radius 3 is 2.14 bits per heavy atom. The van der Waals surface area contributed by atoms with Crippen LogP contribution in [0, 0.1) is 5.92 Å². The average molecular weight is 287 g/mol. The lowest BCUT2D eigenvalue weighted by atomic mass is 9.85. The molecule has 1 heterocycles. The summed E-state index contributed by atoms with van der Waals surface area (Å²) in [5, 5.41) is 5.84. The maximum atomic E-state index is 12.2. The van der Waals surface area contributed by atoms with Crippen LogP contribution in [-0.4, -0.2) is 29.9 Å². The summed E-state index contributed by atoms with van der Waals surface area (Å²) in [5.41, 5.74) is 1.35. The second kappa shape index (κ2) is 6.16. The lowest BCUT2D eigenvalue weighted by Crippen LogP contribution is -2.33. The molecule has 1 aromatic rings. The first-order chi connectivity index (χ1) is 10.2. The summed E-state index contributed by atoms with van der Waals surface area (Å²) in [4.78, 5) is 26.0. The van der Waals surface area contributed by atoms with Crippen LogP contribution in [0.4, 0.5) is 16.2 Å². The number of anilines is 2. The minimum absolute atomic E-state index is 0.0594. The molecule has 1 aromatic carbocycles. The largest absolute Gasteiger partial charge is 0.325 e. The van der Waals surface area contributed by atoms with Gasteiger partial charge in [0.1, 0.15) is 0 Å². The van der Waals surface area contributed by atoms with Gasteiger partial charge in [-0.25, -0.2) is 4.79 Å². The van der Waals surface area contributed by atoms with Crippen LogP contribution in [0.25, 0.3) is 0 Å². The number of para-hydroxylation sites is 2. The van der Waals surface area contributed by atoms with Gasteiger partial charge in [-0.1, -0.05) is 18.6 Å². The predicted octanol–water partition coefficient (Wildman–Crippen LogP) is 3.05. The molecule has 5 nitrogen and oxygen atoms in total. The summed E-state index contributed by atoms with van der Waals surface area (Å²) in [6, 6.07) is 7.29. The van der Waals surface area contributed by atoms with Crippen LogP contribution in [-0.2, 0) is 4.79 Å². The molecule has 2 N–H and O–H groups in total. The highest BCUT2D eigenvalue weighted by Crippen LogP contribution is 2.29. The van der Waals surface area contributed by atoms with Crippen LogP contribution < -0.4 is 10.6 Å². The molecule has 1 aliphatic carbocycles. The fraction of sp³-hybridized carbons (Fsp3) is 0.500. The van der Waals surface area contributed by atoms with Crippen molar-refractivity contribution in [3.8, 4) is 0 Å². The molecule has 3 rings (SSSR count). The molecule has 1 saturated heterocycles. The van der Waals surface area contributed by atoms with E-state index in [-0.39, 0.29) is 17.9 Å². The van der Waals surface area contributed by atoms with Gasteiger partial charge in [0, 0.05) is 19.0 Å². The quantitative estimate of drug-likeness (QED) is 0.897. The topological polar surface area (TPSA) is 61.4 Å². The van der Waals surface area contributed by atoms with Crippen LogP contribution in [0.2, 0.25) is 0 Å². The number of hydrogen-bond acceptors (Lipinski definition) is 2. The molecule has 0 radical (unpaired) electrons. The Labute approximate surface area is 124 Å². The van der Waals surface area contributed by atoms with Gasteiger partial charge < -0.3 is 15.5 Å². The van der Waals surface area contributed by atoms with E-state index in [4.69, 9.17) is 0 Å². The Morgan fingerprint density at radius 2 is 1.57 bits per heavy atom. The molecule has 0 atom stereocenters. The van der Waals surface area contributed by atoms with Crippen molar-refractivity contribution in [2.24, 2.45) is 5.92 Å². The van der Waals surface area contributed by atoms with E-state index in [0.717, 1.165) is 45.2 Å². The molecule has 3 amide bonds. The van der Waals surface area contributed by atoms with Gasteiger partial charge >= 0.3 is 6.03 Å². The number of rotatable bonds is 3. The van der Waals surface area contributed by atoms with Gasteiger partial charge in [-0.2, -0.15) is 0 Å². The minimum Gasteiger partial charge on any atom is -0.325 e. The third-order valence-electron chi connectivity index (χ3n) is 4.30. The van der Waals surface area contributed by atoms with Crippen molar-refractivity contribution < 1.29 is 9.59 Å². The fourth-order valence-corrected chi connectivity index (χ4v) is 2.72. The zero-order valence-electron chi connectivity index (χ0n) is 12.1. The van der Waals surface area contributed by atoms with Crippen molar-refractivity contribution in [2.75, 3.05) is 23.7 Å². The normalized spacial score (nSPS) is 18.2. The Balaban J connectivity index is 1.66. The number of benzene rings is 1. The average Bonchev–Trinajstić information content (AvgIpc) is 2.93. The molecule has 2 aliphatic rings. The number of hydrogen-bond donors (Lipinski definition) is 2. The van der Waals surface area contributed by atoms with Gasteiger partial charge in [0.2, 0.25) is 5.91 Å². The molecule has 1 aliphatic heterocycles. The van der Waals surface area contributed by atoms with Gasteiger partial charge in [-0.15, -0.1) is 0 Å². The first kappa shape index (κ1) is 13.9. The summed E-state index contributed by atoms with van der Waals surface area (Å²) in [6.07, 6.45) is 5.19. The summed E-state index contributed by atoms with van der Waals surface area (Å²) in [6.45, 7) is 1.62. The number of nitrogens with zero attached hydrogens (tertiary/aromatic N) is 1. The number of likely N-dealkylation sites (tertiary alicyclic amines) is 1. The summed E-state index contributed by atoms with van der Waals surface area (Å²) in [5.74, 6) is 0.191. The van der Waals surface area contributed by atoms with E-state index in [0.29, 0.717) is 11.4 Å². The fourth-order valence-electron chi connectivity index (χ4n) is 2.72. The third kappa shape index (κ3) is 3.17. The number of amides is 3. The van der Waals surface area contributed by atoms with Crippen molar-refractivity contribution in [1.82, 2.24) is 4.90 Å². The Kier molecular flexibility index (Phi) is 4.08. The van der Waals surface area contributed by atoms with Gasteiger partial charge in [0.25, 0.3) is 0 Å². The molecule has 112 valence electrons. The van der Waals surface area contributed by atoms with Crippen molar-refractivity contribution in [3.63, 3.8) is 0 Å². The smallest absolute Gasteiger partial charge is 0.321 e. The number of nitrogens with one attached hydrogen (secondary N) is 2. The summed E-state index contributed by atoms with van der Waals surface area (Å²) < 4.78 is 0. The second-order valence-electron chi connectivity index (χ2n) is 5.79. The molecule has 5 heteroatoms. The lowest BCUT2D eigenvalue weighted by molar-refractivity contribution is -0.122. The molecule has 0 bridgehead atoms. The first-order valence-electron chi connectivity index (χ1n) is 7.70. The van der Waals surface area contributed by atoms with Crippen LogP contribution in [0.15, 0.2) is 24.3 Å². The Hall–Kier alpha value is -2.04. The SMILES string of the molecule is O=C(Nc1ccccc1NC(=O)N1CCCC1)C1CCC1. The number of carbonyl (C=O) groups is 2. The van der Waals surface area contributed by atoms with Crippen LogP contribution >= 0.6 is 0 Å². The van der Waals surface area contributed by atoms with E-state index in [1.54, 1.807) is 0 Å². The van der Waals surface area contributed by atoms with Crippen molar-refractivity contribution in [2.45, 2.75) is 32.1 Å². The van der Waals surface area contributed by atoms with E-state index in [9.17, 15) is 9.59 Å².